The normalized spacial score (nSPS) is 17.2. The number of amides is 1. The first-order chi connectivity index (χ1) is 26.1. The van der Waals surface area contributed by atoms with Gasteiger partial charge in [0.2, 0.25) is 11.2 Å². The number of aromatic nitrogens is 1. The van der Waals surface area contributed by atoms with Crippen LogP contribution in [0.3, 0.4) is 0 Å². The Balaban J connectivity index is 0.846. The molecule has 1 saturated carbocycles. The fraction of sp³-hybridized carbons (Fsp3) is 0.375. The van der Waals surface area contributed by atoms with Gasteiger partial charge in [-0.2, -0.15) is 0 Å². The molecule has 0 bridgehead atoms. The van der Waals surface area contributed by atoms with E-state index in [2.05, 4.69) is 20.9 Å². The number of carbonyl (C=O) groups excluding carboxylic acids is 2. The van der Waals surface area contributed by atoms with Crippen LogP contribution in [-0.4, -0.2) is 76.6 Å². The second kappa shape index (κ2) is 18.2. The van der Waals surface area contributed by atoms with Gasteiger partial charge in [0, 0.05) is 43.2 Å². The lowest BCUT2D eigenvalue weighted by Crippen LogP contribution is -2.43. The van der Waals surface area contributed by atoms with Crippen LogP contribution in [0.15, 0.2) is 88.4 Å². The van der Waals surface area contributed by atoms with Crippen molar-refractivity contribution in [3.63, 3.8) is 0 Å². The predicted molar refractivity (Wildman–Crippen MR) is 209 cm³/mol. The molecule has 1 amide bonds. The van der Waals surface area contributed by atoms with Crippen LogP contribution in [0.4, 0.5) is 0 Å². The quantitative estimate of drug-likeness (QED) is 0.0526. The zero-order valence-electron chi connectivity index (χ0n) is 30.0. The summed E-state index contributed by atoms with van der Waals surface area (Å²) in [6, 6.07) is 21.0. The van der Waals surface area contributed by atoms with Gasteiger partial charge in [-0.1, -0.05) is 30.3 Å². The Bertz CT molecular complexity index is 1990. The number of thiophene rings is 2. The molecule has 1 fully saturated rings. The maximum Gasteiger partial charge on any atom is 0.349 e. The topological polar surface area (TPSA) is 182 Å². The number of aromatic hydroxyl groups is 1. The number of aliphatic hydroxyl groups is 2. The van der Waals surface area contributed by atoms with Gasteiger partial charge in [-0.25, -0.2) is 4.79 Å². The number of rotatable bonds is 17. The van der Waals surface area contributed by atoms with E-state index in [1.165, 1.54) is 34.8 Å². The molecule has 3 aromatic heterocycles. The summed E-state index contributed by atoms with van der Waals surface area (Å²) in [4.78, 5) is 41.1. The van der Waals surface area contributed by atoms with Crippen LogP contribution in [-0.2, 0) is 26.3 Å². The average molecular weight is 775 g/mol. The Morgan fingerprint density at radius 1 is 0.944 bits per heavy atom. The van der Waals surface area contributed by atoms with Gasteiger partial charge in [-0.05, 0) is 97.3 Å². The molecule has 14 heteroatoms. The number of phenolic OH excluding ortho intramolecular Hbond substituents is 1. The largest absolute Gasteiger partial charge is 0.506 e. The predicted octanol–water partition coefficient (Wildman–Crippen LogP) is 4.49. The first kappa shape index (κ1) is 39.1. The molecule has 3 heterocycles. The second-order valence-electron chi connectivity index (χ2n) is 13.6. The summed E-state index contributed by atoms with van der Waals surface area (Å²) in [5.74, 6) is -0.318. The number of aromatic amines is 1. The number of pyridine rings is 1. The number of aliphatic hydroxyl groups excluding tert-OH is 1. The number of ether oxygens (including phenoxy) is 2. The van der Waals surface area contributed by atoms with E-state index in [4.69, 9.17) is 9.47 Å². The molecule has 1 unspecified atom stereocenters. The molecule has 6 rings (SSSR count). The number of benzene rings is 2. The molecule has 7 N–H and O–H groups in total. The molecular weight excluding hydrogens is 729 g/mol. The zero-order chi connectivity index (χ0) is 38.1. The van der Waals surface area contributed by atoms with Crippen molar-refractivity contribution < 1.29 is 34.4 Å². The Morgan fingerprint density at radius 3 is 2.31 bits per heavy atom. The second-order valence-corrected chi connectivity index (χ2v) is 15.5. The van der Waals surface area contributed by atoms with Crippen molar-refractivity contribution in [2.45, 2.75) is 68.9 Å². The highest BCUT2D eigenvalue weighted by atomic mass is 32.1. The van der Waals surface area contributed by atoms with Crippen molar-refractivity contribution in [2.24, 2.45) is 0 Å². The molecule has 54 heavy (non-hydrogen) atoms. The van der Waals surface area contributed by atoms with E-state index in [1.807, 2.05) is 54.1 Å². The number of hydrogen-bond donors (Lipinski definition) is 7. The molecule has 0 spiro atoms. The number of carbonyl (C=O) groups is 2. The van der Waals surface area contributed by atoms with Crippen LogP contribution in [0.2, 0.25) is 0 Å². The van der Waals surface area contributed by atoms with E-state index in [9.17, 15) is 29.7 Å². The van der Waals surface area contributed by atoms with Crippen LogP contribution in [0.5, 0.6) is 11.5 Å². The van der Waals surface area contributed by atoms with Gasteiger partial charge >= 0.3 is 5.97 Å². The highest BCUT2D eigenvalue weighted by molar-refractivity contribution is 7.12. The molecule has 0 radical (unpaired) electrons. The molecule has 12 nitrogen and oxygen atoms in total. The van der Waals surface area contributed by atoms with Crippen molar-refractivity contribution in [1.82, 2.24) is 20.9 Å². The molecule has 2 aromatic carbocycles. The summed E-state index contributed by atoms with van der Waals surface area (Å²) in [5, 5.41) is 46.4. The minimum absolute atomic E-state index is 0.0428. The van der Waals surface area contributed by atoms with E-state index in [1.54, 1.807) is 24.3 Å². The molecule has 0 aliphatic heterocycles. The average Bonchev–Trinajstić information content (AvgIpc) is 3.93. The van der Waals surface area contributed by atoms with Gasteiger partial charge < -0.3 is 45.7 Å². The van der Waals surface area contributed by atoms with E-state index < -0.39 is 17.7 Å². The molecular formula is C40H46N4O8S2. The van der Waals surface area contributed by atoms with Crippen LogP contribution in [0.1, 0.15) is 59.6 Å². The van der Waals surface area contributed by atoms with Crippen molar-refractivity contribution in [3.05, 3.63) is 115 Å². The molecule has 1 aliphatic carbocycles. The van der Waals surface area contributed by atoms with Crippen molar-refractivity contribution in [1.29, 1.82) is 0 Å². The van der Waals surface area contributed by atoms with Gasteiger partial charge in [0.1, 0.15) is 17.6 Å². The zero-order valence-corrected chi connectivity index (χ0v) is 31.6. The van der Waals surface area contributed by atoms with Crippen LogP contribution >= 0.6 is 22.7 Å². The van der Waals surface area contributed by atoms with Gasteiger partial charge in [0.05, 0.1) is 21.4 Å². The number of nitrogens with one attached hydrogen (secondary N) is 4. The van der Waals surface area contributed by atoms with Crippen molar-refractivity contribution >= 4 is 45.5 Å². The maximum atomic E-state index is 13.3. The summed E-state index contributed by atoms with van der Waals surface area (Å²) in [5.41, 5.74) is -0.160. The summed E-state index contributed by atoms with van der Waals surface area (Å²) in [6.45, 7) is 3.25. The Kier molecular flexibility index (Phi) is 13.2. The summed E-state index contributed by atoms with van der Waals surface area (Å²) in [6.07, 6.45) is 2.61. The lowest BCUT2D eigenvalue weighted by Gasteiger charge is -2.32. The number of phenols is 1. The molecule has 0 saturated heterocycles. The molecule has 1 aliphatic rings. The number of H-pyrrole nitrogens is 1. The highest BCUT2D eigenvalue weighted by Gasteiger charge is 2.45. The first-order valence-corrected chi connectivity index (χ1v) is 19.9. The van der Waals surface area contributed by atoms with E-state index >= 15 is 0 Å². The van der Waals surface area contributed by atoms with Crippen molar-refractivity contribution in [3.8, 4) is 11.5 Å². The highest BCUT2D eigenvalue weighted by Crippen LogP contribution is 2.38. The number of esters is 1. The number of hydrogen-bond acceptors (Lipinski definition) is 12. The maximum absolute atomic E-state index is 13.3. The third-order valence-electron chi connectivity index (χ3n) is 9.64. The SMILES string of the molecule is CC(Cc1ccc(OCC(=O)NCCNC2CCC(OC(=O)C(O)(c3cccs3)c3cccs3)CC2)cc1)NC[C@@H](O)c1ccc(O)c2[nH]c(=O)ccc12. The van der Waals surface area contributed by atoms with E-state index in [0.717, 1.165) is 18.4 Å². The monoisotopic (exact) mass is 774 g/mol. The van der Waals surface area contributed by atoms with Crippen LogP contribution < -0.4 is 26.2 Å². The van der Waals surface area contributed by atoms with Gasteiger partial charge in [-0.3, -0.25) is 9.59 Å². The molecule has 2 atom stereocenters. The van der Waals surface area contributed by atoms with Crippen LogP contribution in [0, 0.1) is 0 Å². The fourth-order valence-electron chi connectivity index (χ4n) is 6.71. The number of fused-ring (bicyclic) bond motifs is 1. The summed E-state index contributed by atoms with van der Waals surface area (Å²) < 4.78 is 11.5. The third kappa shape index (κ3) is 9.75. The van der Waals surface area contributed by atoms with Gasteiger partial charge in [-0.15, -0.1) is 22.7 Å². The Morgan fingerprint density at radius 2 is 1.65 bits per heavy atom. The van der Waals surface area contributed by atoms with E-state index in [0.29, 0.717) is 64.3 Å². The lowest BCUT2D eigenvalue weighted by atomic mass is 9.92. The Hall–Kier alpha value is -4.57. The summed E-state index contributed by atoms with van der Waals surface area (Å²) in [7, 11) is 0. The third-order valence-corrected chi connectivity index (χ3v) is 11.6. The van der Waals surface area contributed by atoms with E-state index in [-0.39, 0.29) is 48.6 Å². The molecule has 286 valence electrons. The molecule has 5 aromatic rings. The van der Waals surface area contributed by atoms with Crippen LogP contribution in [0.25, 0.3) is 10.9 Å². The summed E-state index contributed by atoms with van der Waals surface area (Å²) >= 11 is 2.66. The van der Waals surface area contributed by atoms with Gasteiger partial charge in [0.25, 0.3) is 5.91 Å². The minimum atomic E-state index is -1.80. The Labute approximate surface area is 321 Å². The lowest BCUT2D eigenvalue weighted by molar-refractivity contribution is -0.169. The smallest absolute Gasteiger partial charge is 0.349 e. The van der Waals surface area contributed by atoms with Gasteiger partial charge in [0.15, 0.2) is 6.61 Å². The first-order valence-electron chi connectivity index (χ1n) is 18.1. The standard InChI is InChI=1S/C40H46N4O8S2/c1-25(43-23-33(46)30-14-16-32(45)38-31(30)15-17-36(47)44-38)22-26-6-10-28(11-7-26)51-24-37(48)42-19-18-41-27-8-12-29(13-9-27)52-39(49)40(50,34-4-2-20-53-34)35-5-3-21-54-35/h2-7,10-11,14-17,20-21,25,27,29,33,41,43,45-46,50H,8-9,12-13,18-19,22-24H2,1H3,(H,42,48)(H,44,47)/t25?,27?,29?,33-/m1/s1. The van der Waals surface area contributed by atoms with Crippen molar-refractivity contribution in [2.75, 3.05) is 26.2 Å². The minimum Gasteiger partial charge on any atom is -0.506 e. The fourth-order valence-corrected chi connectivity index (χ4v) is 8.42.